The maximum absolute atomic E-state index is 13.6. The third-order valence-corrected chi connectivity index (χ3v) is 3.08. The number of ether oxygens (including phenoxy) is 1. The summed E-state index contributed by atoms with van der Waals surface area (Å²) in [5.74, 6) is -0.874. The van der Waals surface area contributed by atoms with E-state index in [1.54, 1.807) is 6.92 Å². The molecule has 2 N–H and O–H groups in total. The number of carbonyl (C=O) groups is 1. The maximum Gasteiger partial charge on any atom is 0.326 e. The van der Waals surface area contributed by atoms with Crippen molar-refractivity contribution in [2.24, 2.45) is 5.73 Å². The van der Waals surface area contributed by atoms with Gasteiger partial charge in [-0.15, -0.1) is 0 Å². The average Bonchev–Trinajstić information content (AvgIpc) is 2.65. The lowest BCUT2D eigenvalue weighted by Gasteiger charge is -2.20. The molecule has 1 aliphatic carbocycles. The fourth-order valence-electron chi connectivity index (χ4n) is 2.19. The molecule has 17 heavy (non-hydrogen) atoms. The van der Waals surface area contributed by atoms with E-state index in [2.05, 4.69) is 0 Å². The Morgan fingerprint density at radius 2 is 2.18 bits per heavy atom. The summed E-state index contributed by atoms with van der Waals surface area (Å²) in [7, 11) is 5.76. The predicted molar refractivity (Wildman–Crippen MR) is 62.7 cm³/mol. The number of rotatable bonds is 2. The zero-order valence-corrected chi connectivity index (χ0v) is 9.63. The van der Waals surface area contributed by atoms with Crippen molar-refractivity contribution in [3.05, 3.63) is 29.1 Å². The Kier molecular flexibility index (Phi) is 2.95. The highest BCUT2D eigenvalue weighted by molar-refractivity contribution is 6.33. The summed E-state index contributed by atoms with van der Waals surface area (Å²) in [5.41, 5.74) is 6.32. The van der Waals surface area contributed by atoms with Gasteiger partial charge >= 0.3 is 5.97 Å². The number of nitrogens with two attached hydrogens (primary N) is 1. The van der Waals surface area contributed by atoms with E-state index in [9.17, 15) is 9.18 Å². The number of halogens is 1. The summed E-state index contributed by atoms with van der Waals surface area (Å²) in [6.45, 7) is 1.96. The molecular weight excluding hydrogens is 220 g/mol. The van der Waals surface area contributed by atoms with Crippen LogP contribution in [0.15, 0.2) is 12.1 Å². The van der Waals surface area contributed by atoms with E-state index in [0.29, 0.717) is 16.6 Å². The SMILES string of the molecule is [B]c1ccc(F)c2c1CC(N)(C(=O)OCC)C2. The number of benzene rings is 1. The molecule has 0 fully saturated rings. The van der Waals surface area contributed by atoms with Gasteiger partial charge in [-0.3, -0.25) is 4.79 Å². The summed E-state index contributed by atoms with van der Waals surface area (Å²) in [5, 5.41) is 0. The second-order valence-corrected chi connectivity index (χ2v) is 4.32. The largest absolute Gasteiger partial charge is 0.465 e. The summed E-state index contributed by atoms with van der Waals surface area (Å²) >= 11 is 0. The van der Waals surface area contributed by atoms with Gasteiger partial charge < -0.3 is 10.5 Å². The van der Waals surface area contributed by atoms with Crippen LogP contribution in [-0.4, -0.2) is 26.0 Å². The highest BCUT2D eigenvalue weighted by atomic mass is 19.1. The molecule has 0 saturated carbocycles. The number of carbonyl (C=O) groups excluding carboxylic acids is 1. The Hall–Kier alpha value is -1.36. The van der Waals surface area contributed by atoms with E-state index < -0.39 is 11.5 Å². The molecule has 88 valence electrons. The first kappa shape index (κ1) is 12.1. The molecule has 5 heteroatoms. The molecule has 1 aromatic carbocycles. The molecule has 1 aromatic rings. The van der Waals surface area contributed by atoms with Crippen molar-refractivity contribution < 1.29 is 13.9 Å². The fraction of sp³-hybridized carbons (Fsp3) is 0.417. The van der Waals surface area contributed by atoms with Gasteiger partial charge in [-0.05, 0) is 24.1 Å². The Balaban J connectivity index is 2.35. The maximum atomic E-state index is 13.6. The van der Waals surface area contributed by atoms with Crippen LogP contribution < -0.4 is 11.2 Å². The van der Waals surface area contributed by atoms with E-state index in [0.717, 1.165) is 0 Å². The molecule has 1 atom stereocenters. The number of fused-ring (bicyclic) bond motifs is 1. The van der Waals surface area contributed by atoms with Crippen molar-refractivity contribution in [2.45, 2.75) is 25.3 Å². The van der Waals surface area contributed by atoms with Crippen LogP contribution in [0.5, 0.6) is 0 Å². The van der Waals surface area contributed by atoms with Crippen molar-refractivity contribution >= 4 is 19.3 Å². The number of hydrogen-bond acceptors (Lipinski definition) is 3. The molecule has 0 aliphatic heterocycles. The highest BCUT2D eigenvalue weighted by Gasteiger charge is 2.43. The molecule has 0 amide bonds. The average molecular weight is 233 g/mol. The molecule has 1 aliphatic rings. The molecule has 0 spiro atoms. The van der Waals surface area contributed by atoms with Crippen LogP contribution in [0.2, 0.25) is 0 Å². The predicted octanol–water partition coefficient (Wildman–Crippen LogP) is -0.0213. The van der Waals surface area contributed by atoms with E-state index in [-0.39, 0.29) is 25.3 Å². The van der Waals surface area contributed by atoms with Gasteiger partial charge in [0.15, 0.2) is 0 Å². The lowest BCUT2D eigenvalue weighted by molar-refractivity contribution is -0.149. The second kappa shape index (κ2) is 4.15. The highest BCUT2D eigenvalue weighted by Crippen LogP contribution is 2.29. The minimum absolute atomic E-state index is 0.137. The Labute approximate surface area is 101 Å². The first-order valence-corrected chi connectivity index (χ1v) is 5.50. The standard InChI is InChI=1S/C12H13BFNO2/c1-2-17-11(16)12(15)5-7-8(6-12)10(14)4-3-9(7)13/h3-4H,2,5-6,15H2,1H3. The van der Waals surface area contributed by atoms with Crippen molar-refractivity contribution in [3.63, 3.8) is 0 Å². The summed E-state index contributed by atoms with van der Waals surface area (Å²) in [4.78, 5) is 11.7. The van der Waals surface area contributed by atoms with Crippen LogP contribution >= 0.6 is 0 Å². The lowest BCUT2D eigenvalue weighted by Crippen LogP contribution is -2.50. The Bertz CT molecular complexity index is 445. The van der Waals surface area contributed by atoms with Gasteiger partial charge in [0.05, 0.1) is 6.61 Å². The molecule has 2 rings (SSSR count). The molecule has 0 aromatic heterocycles. The van der Waals surface area contributed by atoms with Gasteiger partial charge in [-0.25, -0.2) is 4.39 Å². The first-order valence-electron chi connectivity index (χ1n) is 5.50. The zero-order chi connectivity index (χ0) is 12.6. The Morgan fingerprint density at radius 3 is 2.76 bits per heavy atom. The van der Waals surface area contributed by atoms with Crippen molar-refractivity contribution in [3.8, 4) is 0 Å². The van der Waals surface area contributed by atoms with Crippen molar-refractivity contribution in [1.82, 2.24) is 0 Å². The van der Waals surface area contributed by atoms with Crippen molar-refractivity contribution in [1.29, 1.82) is 0 Å². The first-order chi connectivity index (χ1) is 7.98. The number of esters is 1. The van der Waals surface area contributed by atoms with Gasteiger partial charge in [0.25, 0.3) is 0 Å². The normalized spacial score (nSPS) is 22.3. The number of hydrogen-bond donors (Lipinski definition) is 1. The van der Waals surface area contributed by atoms with Crippen molar-refractivity contribution in [2.75, 3.05) is 6.61 Å². The molecule has 0 saturated heterocycles. The van der Waals surface area contributed by atoms with Crippen LogP contribution in [0.4, 0.5) is 4.39 Å². The minimum Gasteiger partial charge on any atom is -0.465 e. The fourth-order valence-corrected chi connectivity index (χ4v) is 2.19. The molecule has 3 nitrogen and oxygen atoms in total. The van der Waals surface area contributed by atoms with Gasteiger partial charge in [0.1, 0.15) is 19.2 Å². The van der Waals surface area contributed by atoms with Crippen LogP contribution in [0.3, 0.4) is 0 Å². The molecule has 0 heterocycles. The van der Waals surface area contributed by atoms with Crippen LogP contribution in [0.25, 0.3) is 0 Å². The smallest absolute Gasteiger partial charge is 0.326 e. The van der Waals surface area contributed by atoms with Gasteiger partial charge in [0.2, 0.25) is 0 Å². The van der Waals surface area contributed by atoms with Crippen LogP contribution in [0.1, 0.15) is 18.1 Å². The molecule has 1 unspecified atom stereocenters. The van der Waals surface area contributed by atoms with Crippen LogP contribution in [0, 0.1) is 5.82 Å². The van der Waals surface area contributed by atoms with Gasteiger partial charge in [0, 0.05) is 12.8 Å². The summed E-state index contributed by atoms with van der Waals surface area (Å²) in [6, 6.07) is 2.79. The van der Waals surface area contributed by atoms with E-state index >= 15 is 0 Å². The monoisotopic (exact) mass is 233 g/mol. The quantitative estimate of drug-likeness (QED) is 0.576. The molecule has 0 bridgehead atoms. The third kappa shape index (κ3) is 1.95. The zero-order valence-electron chi connectivity index (χ0n) is 9.63. The topological polar surface area (TPSA) is 52.3 Å². The minimum atomic E-state index is -1.19. The summed E-state index contributed by atoms with van der Waals surface area (Å²) in [6.07, 6.45) is 0.364. The second-order valence-electron chi connectivity index (χ2n) is 4.32. The van der Waals surface area contributed by atoms with Gasteiger partial charge in [-0.1, -0.05) is 11.5 Å². The van der Waals surface area contributed by atoms with Crippen LogP contribution in [-0.2, 0) is 22.4 Å². The molecular formula is C12H13BFNO2. The van der Waals surface area contributed by atoms with E-state index in [1.807, 2.05) is 0 Å². The molecule has 2 radical (unpaired) electrons. The lowest BCUT2D eigenvalue weighted by atomic mass is 9.87. The van der Waals surface area contributed by atoms with Gasteiger partial charge in [-0.2, -0.15) is 0 Å². The third-order valence-electron chi connectivity index (χ3n) is 3.08. The summed E-state index contributed by atoms with van der Waals surface area (Å²) < 4.78 is 18.5. The van der Waals surface area contributed by atoms with E-state index in [1.165, 1.54) is 12.1 Å². The van der Waals surface area contributed by atoms with E-state index in [4.69, 9.17) is 18.3 Å². The Morgan fingerprint density at radius 1 is 1.53 bits per heavy atom.